The maximum Gasteiger partial charge on any atom is 0.335 e. The maximum absolute atomic E-state index is 13.2. The van der Waals surface area contributed by atoms with Crippen molar-refractivity contribution in [1.29, 1.82) is 0 Å². The van der Waals surface area contributed by atoms with Crippen LogP contribution in [0, 0.1) is 0 Å². The lowest BCUT2D eigenvalue weighted by Gasteiger charge is -2.21. The highest BCUT2D eigenvalue weighted by Gasteiger charge is 2.37. The molecule has 2 aromatic carbocycles. The highest BCUT2D eigenvalue weighted by atomic mass is 32.2. The number of carbonyl (C=O) groups excluding carboxylic acids is 1. The largest absolute Gasteiger partial charge is 0.478 e. The number of anilines is 1. The molecule has 0 radical (unpaired) electrons. The number of aromatic carboxylic acids is 1. The summed E-state index contributed by atoms with van der Waals surface area (Å²) in [7, 11) is -3.34. The first-order valence-corrected chi connectivity index (χ1v) is 13.2. The van der Waals surface area contributed by atoms with E-state index in [-0.39, 0.29) is 21.8 Å². The number of thiazole rings is 1. The molecule has 1 saturated carbocycles. The van der Waals surface area contributed by atoms with Gasteiger partial charge in [-0.3, -0.25) is 10.1 Å². The molecule has 1 amide bonds. The third-order valence-corrected chi connectivity index (χ3v) is 9.01. The van der Waals surface area contributed by atoms with E-state index in [1.807, 2.05) is 0 Å². The monoisotopic (exact) mass is 502 g/mol. The van der Waals surface area contributed by atoms with E-state index in [1.165, 1.54) is 24.3 Å². The number of carbonyl (C=O) groups is 2. The van der Waals surface area contributed by atoms with Crippen molar-refractivity contribution in [2.45, 2.75) is 41.6 Å². The Morgan fingerprint density at radius 3 is 2.56 bits per heavy atom. The fourth-order valence-electron chi connectivity index (χ4n) is 3.79. The Labute approximate surface area is 199 Å². The molecule has 2 atom stereocenters. The Morgan fingerprint density at radius 1 is 1.15 bits per heavy atom. The molecule has 2 fully saturated rings. The standard InChI is InChI=1S/C23H22N2O7S2/c26-21(25-23-24-18-8-3-14(22(27)28)11-19(18)33-23)20(32-15-9-10-31-12-15)13-1-4-16(5-2-13)34(29,30)17-6-7-17/h1-5,8,11,15,17,20H,6-7,9-10,12H2,(H,27,28)(H,24,25,26)/t15-,20?/m1/s1. The molecule has 9 nitrogen and oxygen atoms in total. The molecule has 34 heavy (non-hydrogen) atoms. The average molecular weight is 503 g/mol. The third kappa shape index (κ3) is 4.69. The van der Waals surface area contributed by atoms with E-state index in [2.05, 4.69) is 10.3 Å². The van der Waals surface area contributed by atoms with E-state index >= 15 is 0 Å². The van der Waals surface area contributed by atoms with E-state index in [1.54, 1.807) is 18.2 Å². The molecule has 0 spiro atoms. The fourth-order valence-corrected chi connectivity index (χ4v) is 6.35. The summed E-state index contributed by atoms with van der Waals surface area (Å²) in [6, 6.07) is 10.8. The number of amides is 1. The second-order valence-corrected chi connectivity index (χ2v) is 11.6. The lowest BCUT2D eigenvalue weighted by Crippen LogP contribution is -2.28. The van der Waals surface area contributed by atoms with Gasteiger partial charge in [0, 0.05) is 6.61 Å². The SMILES string of the molecule is O=C(O)c1ccc2nc(NC(=O)C(O[C@@H]3CCOC3)c3ccc(S(=O)(=O)C4CC4)cc3)sc2c1. The second-order valence-electron chi connectivity index (χ2n) is 8.31. The molecule has 1 unspecified atom stereocenters. The number of ether oxygens (including phenoxy) is 2. The van der Waals surface area contributed by atoms with Crippen molar-refractivity contribution in [3.05, 3.63) is 53.6 Å². The Balaban J connectivity index is 1.39. The quantitative estimate of drug-likeness (QED) is 0.479. The van der Waals surface area contributed by atoms with E-state index in [9.17, 15) is 23.1 Å². The van der Waals surface area contributed by atoms with Crippen molar-refractivity contribution < 1.29 is 32.6 Å². The van der Waals surface area contributed by atoms with Crippen LogP contribution in [0.25, 0.3) is 10.2 Å². The lowest BCUT2D eigenvalue weighted by molar-refractivity contribution is -0.131. The van der Waals surface area contributed by atoms with Gasteiger partial charge in [-0.2, -0.15) is 0 Å². The van der Waals surface area contributed by atoms with Crippen LogP contribution in [0.1, 0.15) is 41.3 Å². The lowest BCUT2D eigenvalue weighted by atomic mass is 10.1. The minimum absolute atomic E-state index is 0.137. The van der Waals surface area contributed by atoms with E-state index in [0.29, 0.717) is 53.4 Å². The zero-order valence-corrected chi connectivity index (χ0v) is 19.6. The van der Waals surface area contributed by atoms with Crippen LogP contribution in [-0.2, 0) is 24.1 Å². The number of aromatic nitrogens is 1. The Kier molecular flexibility index (Phi) is 6.11. The molecular weight excluding hydrogens is 480 g/mol. The van der Waals surface area contributed by atoms with Gasteiger partial charge in [0.05, 0.1) is 38.6 Å². The number of hydrogen-bond donors (Lipinski definition) is 2. The smallest absolute Gasteiger partial charge is 0.335 e. The van der Waals surface area contributed by atoms with Gasteiger partial charge in [0.1, 0.15) is 0 Å². The second kappa shape index (κ2) is 9.06. The number of nitrogens with zero attached hydrogens (tertiary/aromatic N) is 1. The Bertz CT molecular complexity index is 1340. The Morgan fingerprint density at radius 2 is 1.91 bits per heavy atom. The number of nitrogens with one attached hydrogen (secondary N) is 1. The fraction of sp³-hybridized carbons (Fsp3) is 0.348. The van der Waals surface area contributed by atoms with E-state index < -0.39 is 27.8 Å². The predicted molar refractivity (Wildman–Crippen MR) is 125 cm³/mol. The average Bonchev–Trinajstić information content (AvgIpc) is 3.42. The molecule has 1 saturated heterocycles. The van der Waals surface area contributed by atoms with Gasteiger partial charge in [-0.05, 0) is 55.2 Å². The first kappa shape index (κ1) is 22.9. The van der Waals surface area contributed by atoms with Crippen LogP contribution in [0.5, 0.6) is 0 Å². The molecule has 2 aliphatic rings. The van der Waals surface area contributed by atoms with Crippen LogP contribution >= 0.6 is 11.3 Å². The van der Waals surface area contributed by atoms with E-state index in [4.69, 9.17) is 9.47 Å². The number of fused-ring (bicyclic) bond motifs is 1. The molecule has 3 aromatic rings. The van der Waals surface area contributed by atoms with Crippen molar-refractivity contribution in [1.82, 2.24) is 4.98 Å². The summed E-state index contributed by atoms with van der Waals surface area (Å²) < 4.78 is 37.1. The molecule has 5 rings (SSSR count). The van der Waals surface area contributed by atoms with Crippen molar-refractivity contribution in [2.24, 2.45) is 0 Å². The zero-order chi connectivity index (χ0) is 23.9. The van der Waals surface area contributed by atoms with Crippen LogP contribution < -0.4 is 5.32 Å². The van der Waals surface area contributed by atoms with Crippen LogP contribution in [0.4, 0.5) is 5.13 Å². The van der Waals surface area contributed by atoms with Crippen LogP contribution in [0.15, 0.2) is 47.4 Å². The summed E-state index contributed by atoms with van der Waals surface area (Å²) in [5.74, 6) is -1.50. The van der Waals surface area contributed by atoms with Gasteiger partial charge >= 0.3 is 5.97 Å². The predicted octanol–water partition coefficient (Wildman–Crippen LogP) is 3.42. The first-order chi connectivity index (χ1) is 16.3. The molecule has 2 N–H and O–H groups in total. The number of hydrogen-bond acceptors (Lipinski definition) is 8. The minimum atomic E-state index is -3.34. The Hall–Kier alpha value is -2.86. The minimum Gasteiger partial charge on any atom is -0.478 e. The molecule has 178 valence electrons. The van der Waals surface area contributed by atoms with Gasteiger partial charge in [0.2, 0.25) is 0 Å². The van der Waals surface area contributed by atoms with Gasteiger partial charge in [-0.1, -0.05) is 23.5 Å². The molecule has 11 heteroatoms. The van der Waals surface area contributed by atoms with Gasteiger partial charge < -0.3 is 14.6 Å². The highest BCUT2D eigenvalue weighted by Crippen LogP contribution is 2.34. The summed E-state index contributed by atoms with van der Waals surface area (Å²) in [6.07, 6.45) is 0.744. The van der Waals surface area contributed by atoms with Gasteiger partial charge in [0.25, 0.3) is 5.91 Å². The summed E-state index contributed by atoms with van der Waals surface area (Å²) >= 11 is 1.16. The number of rotatable bonds is 8. The van der Waals surface area contributed by atoms with Gasteiger partial charge in [-0.15, -0.1) is 0 Å². The van der Waals surface area contributed by atoms with E-state index in [0.717, 1.165) is 11.3 Å². The van der Waals surface area contributed by atoms with Crippen molar-refractivity contribution in [3.63, 3.8) is 0 Å². The van der Waals surface area contributed by atoms with Crippen molar-refractivity contribution >= 4 is 48.4 Å². The van der Waals surface area contributed by atoms with Gasteiger partial charge in [-0.25, -0.2) is 18.2 Å². The molecular formula is C23H22N2O7S2. The summed E-state index contributed by atoms with van der Waals surface area (Å²) in [4.78, 5) is 29.1. The van der Waals surface area contributed by atoms with Crippen LogP contribution in [-0.4, -0.2) is 55.0 Å². The van der Waals surface area contributed by atoms with Crippen molar-refractivity contribution in [2.75, 3.05) is 18.5 Å². The van der Waals surface area contributed by atoms with Crippen molar-refractivity contribution in [3.8, 4) is 0 Å². The highest BCUT2D eigenvalue weighted by molar-refractivity contribution is 7.92. The summed E-state index contributed by atoms with van der Waals surface area (Å²) in [5, 5.41) is 11.9. The summed E-state index contributed by atoms with van der Waals surface area (Å²) in [6.45, 7) is 0.915. The van der Waals surface area contributed by atoms with Crippen LogP contribution in [0.3, 0.4) is 0 Å². The van der Waals surface area contributed by atoms with Crippen LogP contribution in [0.2, 0.25) is 0 Å². The molecule has 1 aromatic heterocycles. The number of carboxylic acid groups (broad SMARTS) is 1. The zero-order valence-electron chi connectivity index (χ0n) is 18.0. The maximum atomic E-state index is 13.2. The number of carboxylic acids is 1. The number of sulfone groups is 1. The molecule has 1 aliphatic heterocycles. The molecule has 0 bridgehead atoms. The van der Waals surface area contributed by atoms with Gasteiger partial charge in [0.15, 0.2) is 21.1 Å². The topological polar surface area (TPSA) is 132 Å². The third-order valence-electron chi connectivity index (χ3n) is 5.79. The molecule has 1 aliphatic carbocycles. The first-order valence-electron chi connectivity index (χ1n) is 10.8. The molecule has 2 heterocycles. The summed E-state index contributed by atoms with van der Waals surface area (Å²) in [5.41, 5.74) is 1.23. The normalized spacial score (nSPS) is 19.2. The number of benzene rings is 2.